The first-order valence-corrected chi connectivity index (χ1v) is 9.87. The highest BCUT2D eigenvalue weighted by Crippen LogP contribution is 2.58. The third kappa shape index (κ3) is 3.45. The van der Waals surface area contributed by atoms with Crippen molar-refractivity contribution >= 4 is 27.7 Å². The number of hydrogen-bond acceptors (Lipinski definition) is 2. The summed E-state index contributed by atoms with van der Waals surface area (Å²) in [4.78, 5) is 25.1. The highest BCUT2D eigenvalue weighted by Gasteiger charge is 2.60. The average Bonchev–Trinajstić information content (AvgIpc) is 3.51. The molecular weight excluding hydrogens is 416 g/mol. The normalized spacial score (nSPS) is 16.8. The van der Waals surface area contributed by atoms with Crippen molar-refractivity contribution in [3.05, 3.63) is 106 Å². The van der Waals surface area contributed by atoms with Crippen LogP contribution < -0.4 is 10.9 Å². The molecule has 5 heteroatoms. The first kappa shape index (κ1) is 18.4. The Balaban J connectivity index is 1.50. The van der Waals surface area contributed by atoms with Crippen LogP contribution in [-0.4, -0.2) is 11.8 Å². The Morgan fingerprint density at radius 3 is 1.86 bits per heavy atom. The van der Waals surface area contributed by atoms with Gasteiger partial charge in [-0.05, 0) is 41.8 Å². The minimum absolute atomic E-state index is 0.182. The molecule has 1 atom stereocenters. The van der Waals surface area contributed by atoms with Crippen LogP contribution in [0.5, 0.6) is 0 Å². The molecule has 1 aliphatic rings. The molecular formula is C23H19BrN2O2. The molecule has 2 amide bonds. The molecule has 2 N–H and O–H groups in total. The van der Waals surface area contributed by atoms with Crippen LogP contribution in [-0.2, 0) is 10.2 Å². The summed E-state index contributed by atoms with van der Waals surface area (Å²) < 4.78 is 0.890. The minimum atomic E-state index is -0.352. The maximum absolute atomic E-state index is 12.8. The molecule has 1 saturated carbocycles. The van der Waals surface area contributed by atoms with Gasteiger partial charge < -0.3 is 0 Å². The molecule has 28 heavy (non-hydrogen) atoms. The molecule has 140 valence electrons. The van der Waals surface area contributed by atoms with Gasteiger partial charge in [0.05, 0.1) is 5.92 Å². The van der Waals surface area contributed by atoms with Crippen LogP contribution in [0.1, 0.15) is 27.9 Å². The number of hydrogen-bond donors (Lipinski definition) is 2. The van der Waals surface area contributed by atoms with E-state index >= 15 is 0 Å². The van der Waals surface area contributed by atoms with Crippen molar-refractivity contribution in [3.8, 4) is 0 Å². The van der Waals surface area contributed by atoms with Gasteiger partial charge in [-0.2, -0.15) is 0 Å². The number of amides is 2. The number of rotatable bonds is 4. The lowest BCUT2D eigenvalue weighted by Gasteiger charge is -2.19. The Morgan fingerprint density at radius 1 is 0.786 bits per heavy atom. The third-order valence-corrected chi connectivity index (χ3v) is 5.79. The number of carbonyl (C=O) groups is 2. The Kier molecular flexibility index (Phi) is 5.01. The molecule has 3 aromatic rings. The Bertz CT molecular complexity index is 949. The van der Waals surface area contributed by atoms with Crippen molar-refractivity contribution in [1.29, 1.82) is 0 Å². The van der Waals surface area contributed by atoms with Gasteiger partial charge in [0.15, 0.2) is 0 Å². The second-order valence-electron chi connectivity index (χ2n) is 6.91. The number of benzene rings is 3. The van der Waals surface area contributed by atoms with Gasteiger partial charge in [-0.25, -0.2) is 0 Å². The molecule has 0 aromatic heterocycles. The maximum atomic E-state index is 12.8. The first-order chi connectivity index (χ1) is 13.6. The molecule has 3 aromatic carbocycles. The van der Waals surface area contributed by atoms with Crippen molar-refractivity contribution < 1.29 is 9.59 Å². The molecule has 0 saturated heterocycles. The molecule has 1 unspecified atom stereocenters. The summed E-state index contributed by atoms with van der Waals surface area (Å²) in [5, 5.41) is 0. The molecule has 1 fully saturated rings. The lowest BCUT2D eigenvalue weighted by atomic mass is 9.85. The summed E-state index contributed by atoms with van der Waals surface area (Å²) in [6, 6.07) is 27.1. The van der Waals surface area contributed by atoms with Gasteiger partial charge >= 0.3 is 0 Å². The van der Waals surface area contributed by atoms with Crippen LogP contribution in [0.15, 0.2) is 89.4 Å². The van der Waals surface area contributed by atoms with Crippen molar-refractivity contribution in [2.24, 2.45) is 5.92 Å². The van der Waals surface area contributed by atoms with Gasteiger partial charge in [0.25, 0.3) is 5.91 Å². The molecule has 0 spiro atoms. The number of hydrazine groups is 1. The third-order valence-electron chi connectivity index (χ3n) is 5.26. The van der Waals surface area contributed by atoms with E-state index < -0.39 is 0 Å². The van der Waals surface area contributed by atoms with Crippen LogP contribution >= 0.6 is 15.9 Å². The van der Waals surface area contributed by atoms with Crippen molar-refractivity contribution in [3.63, 3.8) is 0 Å². The second-order valence-corrected chi connectivity index (χ2v) is 7.83. The smallest absolute Gasteiger partial charge is 0.269 e. The zero-order valence-corrected chi connectivity index (χ0v) is 16.6. The van der Waals surface area contributed by atoms with Gasteiger partial charge in [-0.15, -0.1) is 0 Å². The fourth-order valence-corrected chi connectivity index (χ4v) is 4.00. The van der Waals surface area contributed by atoms with Crippen LogP contribution in [0, 0.1) is 5.92 Å². The standard InChI is InChI=1S/C23H19BrN2O2/c24-19-13-11-16(12-14-19)21(27)25-26-22(28)20-15-23(20,17-7-3-1-4-8-17)18-9-5-2-6-10-18/h1-14,20H,15H2,(H,25,27)(H,26,28). The largest absolute Gasteiger partial charge is 0.273 e. The molecule has 1 aliphatic carbocycles. The van der Waals surface area contributed by atoms with E-state index in [-0.39, 0.29) is 23.1 Å². The van der Waals surface area contributed by atoms with Gasteiger partial charge in [-0.1, -0.05) is 76.6 Å². The highest BCUT2D eigenvalue weighted by molar-refractivity contribution is 9.10. The molecule has 0 bridgehead atoms. The van der Waals surface area contributed by atoms with E-state index in [0.717, 1.165) is 15.6 Å². The van der Waals surface area contributed by atoms with Crippen LogP contribution in [0.4, 0.5) is 0 Å². The first-order valence-electron chi connectivity index (χ1n) is 9.08. The van der Waals surface area contributed by atoms with E-state index in [2.05, 4.69) is 51.0 Å². The monoisotopic (exact) mass is 434 g/mol. The second kappa shape index (κ2) is 7.60. The van der Waals surface area contributed by atoms with Crippen molar-refractivity contribution in [1.82, 2.24) is 10.9 Å². The maximum Gasteiger partial charge on any atom is 0.269 e. The minimum Gasteiger partial charge on any atom is -0.273 e. The summed E-state index contributed by atoms with van der Waals surface area (Å²) in [7, 11) is 0. The molecule has 0 radical (unpaired) electrons. The SMILES string of the molecule is O=C(NNC(=O)C1CC1(c1ccccc1)c1ccccc1)c1ccc(Br)cc1. The van der Waals surface area contributed by atoms with Gasteiger partial charge in [0, 0.05) is 15.5 Å². The number of halogens is 1. The van der Waals surface area contributed by atoms with E-state index in [1.54, 1.807) is 24.3 Å². The van der Waals surface area contributed by atoms with Gasteiger partial charge in [-0.3, -0.25) is 20.4 Å². The Labute approximate surface area is 172 Å². The summed E-state index contributed by atoms with van der Waals surface area (Å²) >= 11 is 3.34. The predicted octanol–water partition coefficient (Wildman–Crippen LogP) is 4.22. The fraction of sp³-hybridized carbons (Fsp3) is 0.130. The quantitative estimate of drug-likeness (QED) is 0.604. The van der Waals surface area contributed by atoms with Crippen LogP contribution in [0.2, 0.25) is 0 Å². The van der Waals surface area contributed by atoms with E-state index in [4.69, 9.17) is 0 Å². The molecule has 4 rings (SSSR count). The van der Waals surface area contributed by atoms with Crippen molar-refractivity contribution in [2.75, 3.05) is 0 Å². The van der Waals surface area contributed by atoms with Gasteiger partial charge in [0.2, 0.25) is 5.91 Å². The summed E-state index contributed by atoms with van der Waals surface area (Å²) in [5.41, 5.74) is 7.48. The summed E-state index contributed by atoms with van der Waals surface area (Å²) in [5.74, 6) is -0.757. The molecule has 0 heterocycles. The van der Waals surface area contributed by atoms with Crippen LogP contribution in [0.25, 0.3) is 0 Å². The van der Waals surface area contributed by atoms with Gasteiger partial charge in [0.1, 0.15) is 0 Å². The lowest BCUT2D eigenvalue weighted by Crippen LogP contribution is -2.43. The van der Waals surface area contributed by atoms with Crippen LogP contribution in [0.3, 0.4) is 0 Å². The van der Waals surface area contributed by atoms with E-state index in [9.17, 15) is 9.59 Å². The Morgan fingerprint density at radius 2 is 1.32 bits per heavy atom. The lowest BCUT2D eigenvalue weighted by molar-refractivity contribution is -0.123. The topological polar surface area (TPSA) is 58.2 Å². The van der Waals surface area contributed by atoms with Crippen molar-refractivity contribution in [2.45, 2.75) is 11.8 Å². The number of nitrogens with one attached hydrogen (secondary N) is 2. The van der Waals surface area contributed by atoms with E-state index in [1.165, 1.54) is 0 Å². The zero-order chi connectivity index (χ0) is 19.6. The summed E-state index contributed by atoms with van der Waals surface area (Å²) in [6.45, 7) is 0. The van der Waals surface area contributed by atoms with E-state index in [1.807, 2.05) is 36.4 Å². The highest BCUT2D eigenvalue weighted by atomic mass is 79.9. The molecule has 4 nitrogen and oxygen atoms in total. The summed E-state index contributed by atoms with van der Waals surface area (Å²) in [6.07, 6.45) is 0.709. The fourth-order valence-electron chi connectivity index (χ4n) is 3.73. The zero-order valence-electron chi connectivity index (χ0n) is 15.1. The predicted molar refractivity (Wildman–Crippen MR) is 112 cm³/mol. The Hall–Kier alpha value is -2.92. The molecule has 0 aliphatic heterocycles. The number of carbonyl (C=O) groups excluding carboxylic acids is 2. The average molecular weight is 435 g/mol. The van der Waals surface area contributed by atoms with E-state index in [0.29, 0.717) is 12.0 Å².